The fourth-order valence-corrected chi connectivity index (χ4v) is 6.68. The van der Waals surface area contributed by atoms with E-state index in [1.165, 1.54) is 11.1 Å². The van der Waals surface area contributed by atoms with Crippen LogP contribution in [0.3, 0.4) is 0 Å². The average Bonchev–Trinajstić information content (AvgIpc) is 3.56. The second-order valence-corrected chi connectivity index (χ2v) is 11.2. The first-order valence-electron chi connectivity index (χ1n) is 17.7. The van der Waals surface area contributed by atoms with Crippen LogP contribution in [0.2, 0.25) is 0 Å². The fourth-order valence-electron chi connectivity index (χ4n) is 6.68. The van der Waals surface area contributed by atoms with Gasteiger partial charge in [-0.3, -0.25) is 0 Å². The Morgan fingerprint density at radius 3 is 1.77 bits per heavy atom. The molecular formula is C43H28O. The van der Waals surface area contributed by atoms with Crippen LogP contribution >= 0.6 is 0 Å². The third-order valence-corrected chi connectivity index (χ3v) is 8.67. The van der Waals surface area contributed by atoms with Gasteiger partial charge in [0, 0.05) is 10.8 Å². The van der Waals surface area contributed by atoms with Crippen LogP contribution in [0, 0.1) is 0 Å². The predicted molar refractivity (Wildman–Crippen MR) is 186 cm³/mol. The Kier molecular flexibility index (Phi) is 4.42. The summed E-state index contributed by atoms with van der Waals surface area (Å²) in [4.78, 5) is 0. The SMILES string of the molecule is [2H]c1c([2H])c([2H])c2c([2H])c3c(oc4cccc(Cc5c6ccccc6c(-c6ccc(-c7ccccc7)cc6)c6ccccc56)c43)c([2H])c2c1[2H]. The molecule has 0 saturated heterocycles. The minimum Gasteiger partial charge on any atom is -0.456 e. The van der Waals surface area contributed by atoms with Gasteiger partial charge in [-0.2, -0.15) is 0 Å². The van der Waals surface area contributed by atoms with Crippen molar-refractivity contribution in [1.29, 1.82) is 0 Å². The van der Waals surface area contributed by atoms with Crippen LogP contribution in [0.15, 0.2) is 162 Å². The normalized spacial score (nSPS) is 13.6. The Hall–Kier alpha value is -5.66. The molecule has 0 spiro atoms. The van der Waals surface area contributed by atoms with Gasteiger partial charge >= 0.3 is 0 Å². The lowest BCUT2D eigenvalue weighted by atomic mass is 9.85. The van der Waals surface area contributed by atoms with Crippen molar-refractivity contribution in [3.05, 3.63) is 169 Å². The number of rotatable bonds is 4. The molecule has 206 valence electrons. The number of furan rings is 1. The maximum Gasteiger partial charge on any atom is 0.136 e. The van der Waals surface area contributed by atoms with Crippen LogP contribution in [0.4, 0.5) is 0 Å². The molecule has 9 rings (SSSR count). The second kappa shape index (κ2) is 9.97. The number of benzene rings is 8. The van der Waals surface area contributed by atoms with Gasteiger partial charge in [-0.05, 0) is 90.3 Å². The van der Waals surface area contributed by atoms with Gasteiger partial charge < -0.3 is 4.42 Å². The zero-order chi connectivity index (χ0) is 34.3. The van der Waals surface area contributed by atoms with Gasteiger partial charge in [0.1, 0.15) is 11.2 Å². The highest BCUT2D eigenvalue weighted by atomic mass is 16.3. The molecular weight excluding hydrogens is 532 g/mol. The van der Waals surface area contributed by atoms with E-state index in [-0.39, 0.29) is 40.5 Å². The summed E-state index contributed by atoms with van der Waals surface area (Å²) in [5.41, 5.74) is 7.32. The highest BCUT2D eigenvalue weighted by molar-refractivity contribution is 6.16. The Bertz CT molecular complexity index is 2780. The minimum atomic E-state index is -0.430. The largest absolute Gasteiger partial charge is 0.456 e. The molecule has 44 heavy (non-hydrogen) atoms. The fraction of sp³-hybridized carbons (Fsp3) is 0.0233. The number of hydrogen-bond acceptors (Lipinski definition) is 1. The van der Waals surface area contributed by atoms with Crippen molar-refractivity contribution >= 4 is 54.3 Å². The summed E-state index contributed by atoms with van der Waals surface area (Å²) in [5.74, 6) is 0. The predicted octanol–water partition coefficient (Wildman–Crippen LogP) is 12.0. The number of fused-ring (bicyclic) bond motifs is 6. The topological polar surface area (TPSA) is 13.1 Å². The molecule has 1 aromatic heterocycles. The molecule has 0 fully saturated rings. The molecule has 0 atom stereocenters. The van der Waals surface area contributed by atoms with E-state index < -0.39 is 12.1 Å². The van der Waals surface area contributed by atoms with Crippen LogP contribution in [0.5, 0.6) is 0 Å². The molecule has 0 bridgehead atoms. The second-order valence-electron chi connectivity index (χ2n) is 11.2. The van der Waals surface area contributed by atoms with E-state index in [0.717, 1.165) is 43.8 Å². The molecule has 0 saturated carbocycles. The summed E-state index contributed by atoms with van der Waals surface area (Å²) in [5, 5.41) is 5.60. The monoisotopic (exact) mass is 566 g/mol. The average molecular weight is 567 g/mol. The molecule has 0 aliphatic heterocycles. The zero-order valence-electron chi connectivity index (χ0n) is 29.7. The van der Waals surface area contributed by atoms with Gasteiger partial charge in [0.05, 0.1) is 8.22 Å². The molecule has 0 radical (unpaired) electrons. The van der Waals surface area contributed by atoms with Gasteiger partial charge in [-0.15, -0.1) is 0 Å². The molecule has 9 aromatic rings. The Morgan fingerprint density at radius 2 is 1.07 bits per heavy atom. The van der Waals surface area contributed by atoms with E-state index in [2.05, 4.69) is 97.1 Å². The standard InChI is InChI=1S/C43H28O/c1-2-11-28(12-3-1)29-21-23-30(24-22-29)42-36-18-8-6-16-34(36)38(35-17-7-9-19-37(35)42)26-33-15-10-20-40-43(33)39-25-31-13-4-5-14-32(31)27-41(39)44-40/h1-25,27H,26H2/i4D,5D,13D,14D,25D,27D. The molecule has 1 heteroatoms. The van der Waals surface area contributed by atoms with Gasteiger partial charge in [-0.25, -0.2) is 0 Å². The zero-order valence-corrected chi connectivity index (χ0v) is 23.7. The summed E-state index contributed by atoms with van der Waals surface area (Å²) in [6.07, 6.45) is 0.512. The van der Waals surface area contributed by atoms with Crippen molar-refractivity contribution in [1.82, 2.24) is 0 Å². The first-order valence-corrected chi connectivity index (χ1v) is 14.7. The maximum atomic E-state index is 9.27. The van der Waals surface area contributed by atoms with Gasteiger partial charge in [-0.1, -0.05) is 139 Å². The Morgan fingerprint density at radius 1 is 0.477 bits per heavy atom. The third kappa shape index (κ3) is 3.94. The van der Waals surface area contributed by atoms with Crippen molar-refractivity contribution in [2.75, 3.05) is 0 Å². The van der Waals surface area contributed by atoms with Crippen molar-refractivity contribution in [3.63, 3.8) is 0 Å². The molecule has 0 unspecified atom stereocenters. The third-order valence-electron chi connectivity index (χ3n) is 8.67. The highest BCUT2D eigenvalue weighted by Crippen LogP contribution is 2.42. The van der Waals surface area contributed by atoms with Crippen molar-refractivity contribution in [2.45, 2.75) is 6.42 Å². The van der Waals surface area contributed by atoms with Gasteiger partial charge in [0.15, 0.2) is 0 Å². The summed E-state index contributed by atoms with van der Waals surface area (Å²) >= 11 is 0. The van der Waals surface area contributed by atoms with Crippen LogP contribution in [-0.2, 0) is 6.42 Å². The lowest BCUT2D eigenvalue weighted by molar-refractivity contribution is 0.669. The molecule has 0 aliphatic rings. The maximum absolute atomic E-state index is 9.27. The summed E-state index contributed by atoms with van der Waals surface area (Å²) in [7, 11) is 0. The van der Waals surface area contributed by atoms with Crippen molar-refractivity contribution in [2.24, 2.45) is 0 Å². The molecule has 1 heterocycles. The lowest BCUT2D eigenvalue weighted by Crippen LogP contribution is -1.96. The van der Waals surface area contributed by atoms with Gasteiger partial charge in [0.2, 0.25) is 0 Å². The number of hydrogen-bond donors (Lipinski definition) is 0. The Balaban J connectivity index is 1.29. The highest BCUT2D eigenvalue weighted by Gasteiger charge is 2.18. The van der Waals surface area contributed by atoms with Crippen molar-refractivity contribution < 1.29 is 12.6 Å². The van der Waals surface area contributed by atoms with Gasteiger partial charge in [0.25, 0.3) is 0 Å². The van der Waals surface area contributed by atoms with E-state index >= 15 is 0 Å². The van der Waals surface area contributed by atoms with E-state index in [1.54, 1.807) is 0 Å². The molecule has 0 amide bonds. The summed E-state index contributed by atoms with van der Waals surface area (Å²) in [6.45, 7) is 0. The van der Waals surface area contributed by atoms with E-state index in [0.29, 0.717) is 22.8 Å². The summed E-state index contributed by atoms with van der Waals surface area (Å²) in [6, 6.07) is 40.1. The van der Waals surface area contributed by atoms with Crippen molar-refractivity contribution in [3.8, 4) is 22.3 Å². The summed E-state index contributed by atoms with van der Waals surface area (Å²) < 4.78 is 58.1. The smallest absolute Gasteiger partial charge is 0.136 e. The van der Waals surface area contributed by atoms with Crippen LogP contribution in [0.1, 0.15) is 19.4 Å². The minimum absolute atomic E-state index is 0.00140. The lowest BCUT2D eigenvalue weighted by Gasteiger charge is -2.18. The van der Waals surface area contributed by atoms with E-state index in [4.69, 9.17) is 11.3 Å². The quantitative estimate of drug-likeness (QED) is 0.193. The molecule has 0 N–H and O–H groups in total. The molecule has 8 aromatic carbocycles. The van der Waals surface area contributed by atoms with Crippen LogP contribution in [0.25, 0.3) is 76.5 Å². The first-order chi connectivity index (χ1) is 24.3. The van der Waals surface area contributed by atoms with E-state index in [1.807, 2.05) is 24.3 Å². The molecule has 0 aliphatic carbocycles. The molecule has 1 nitrogen and oxygen atoms in total. The Labute approximate surface area is 264 Å². The van der Waals surface area contributed by atoms with E-state index in [9.17, 15) is 1.37 Å². The first kappa shape index (κ1) is 19.5. The van der Waals surface area contributed by atoms with Crippen LogP contribution < -0.4 is 0 Å². The van der Waals surface area contributed by atoms with Crippen LogP contribution in [-0.4, -0.2) is 0 Å².